The van der Waals surface area contributed by atoms with Crippen LogP contribution in [0.2, 0.25) is 0 Å². The van der Waals surface area contributed by atoms with Crippen LogP contribution in [-0.4, -0.2) is 27.9 Å². The molecule has 0 radical (unpaired) electrons. The first-order valence-electron chi connectivity index (χ1n) is 9.77. The van der Waals surface area contributed by atoms with Gasteiger partial charge >= 0.3 is 0 Å². The van der Waals surface area contributed by atoms with Gasteiger partial charge in [-0.15, -0.1) is 11.8 Å². The Morgan fingerprint density at radius 1 is 1.00 bits per heavy atom. The van der Waals surface area contributed by atoms with Gasteiger partial charge in [0.1, 0.15) is 0 Å². The molecule has 0 saturated carbocycles. The van der Waals surface area contributed by atoms with Crippen LogP contribution in [0.15, 0.2) is 77.7 Å². The van der Waals surface area contributed by atoms with Crippen molar-refractivity contribution in [3.05, 3.63) is 92.0 Å². The number of rotatable bonds is 6. The van der Waals surface area contributed by atoms with Crippen LogP contribution in [0.25, 0.3) is 0 Å². The smallest absolute Gasteiger partial charge is 0.269 e. The number of hydrogen-bond acceptors (Lipinski definition) is 6. The molecule has 1 saturated heterocycles. The molecule has 33 heavy (non-hydrogen) atoms. The van der Waals surface area contributed by atoms with Crippen molar-refractivity contribution in [3.63, 3.8) is 0 Å². The van der Waals surface area contributed by atoms with Crippen molar-refractivity contribution in [1.82, 2.24) is 0 Å². The summed E-state index contributed by atoms with van der Waals surface area (Å²) < 4.78 is 1.02. The quantitative estimate of drug-likeness (QED) is 0.195. The minimum atomic E-state index is -0.527. The molecule has 166 valence electrons. The van der Waals surface area contributed by atoms with Crippen LogP contribution in [0.4, 0.5) is 17.1 Å². The summed E-state index contributed by atoms with van der Waals surface area (Å²) in [5.41, 5.74) is 1.31. The van der Waals surface area contributed by atoms with E-state index < -0.39 is 16.1 Å². The van der Waals surface area contributed by atoms with Crippen molar-refractivity contribution in [2.75, 3.05) is 10.2 Å². The Morgan fingerprint density at radius 3 is 2.24 bits per heavy atom. The summed E-state index contributed by atoms with van der Waals surface area (Å²) in [6, 6.07) is 19.5. The molecule has 1 heterocycles. The summed E-state index contributed by atoms with van der Waals surface area (Å²) in [6.45, 7) is 0. The molecule has 8 nitrogen and oxygen atoms in total. The minimum Gasteiger partial charge on any atom is -0.322 e. The van der Waals surface area contributed by atoms with Crippen molar-refractivity contribution in [3.8, 4) is 0 Å². The third-order valence-electron chi connectivity index (χ3n) is 4.92. The summed E-state index contributed by atoms with van der Waals surface area (Å²) in [7, 11) is 0. The van der Waals surface area contributed by atoms with Gasteiger partial charge in [-0.1, -0.05) is 0 Å². The first-order chi connectivity index (χ1) is 15.8. The van der Waals surface area contributed by atoms with Gasteiger partial charge in [0.2, 0.25) is 11.8 Å². The zero-order valence-corrected chi connectivity index (χ0v) is 19.9. The first-order valence-corrected chi connectivity index (χ1v) is 11.7. The van der Waals surface area contributed by atoms with E-state index in [4.69, 9.17) is 0 Å². The number of hydrogen-bond donors (Lipinski definition) is 1. The Morgan fingerprint density at radius 2 is 1.64 bits per heavy atom. The molecule has 3 aromatic rings. The van der Waals surface area contributed by atoms with Crippen molar-refractivity contribution in [2.45, 2.75) is 16.6 Å². The highest BCUT2D eigenvalue weighted by atomic mass is 127. The van der Waals surface area contributed by atoms with Crippen molar-refractivity contribution < 1.29 is 19.3 Å². The highest BCUT2D eigenvalue weighted by molar-refractivity contribution is 14.1. The number of non-ortho nitro benzene ring substituents is 1. The first kappa shape index (κ1) is 22.9. The molecule has 1 fully saturated rings. The summed E-state index contributed by atoms with van der Waals surface area (Å²) in [5, 5.41) is 12.9. The van der Waals surface area contributed by atoms with Crippen LogP contribution >= 0.6 is 34.4 Å². The topological polar surface area (TPSA) is 110 Å². The van der Waals surface area contributed by atoms with E-state index in [1.807, 2.05) is 12.1 Å². The number of nitro benzene ring substituents is 1. The summed E-state index contributed by atoms with van der Waals surface area (Å²) >= 11 is 3.47. The third kappa shape index (κ3) is 5.22. The third-order valence-corrected chi connectivity index (χ3v) is 6.84. The molecule has 1 N–H and O–H groups in total. The van der Waals surface area contributed by atoms with Crippen molar-refractivity contribution >= 4 is 69.1 Å². The molecule has 0 bridgehead atoms. The fourth-order valence-corrected chi connectivity index (χ4v) is 4.69. The summed E-state index contributed by atoms with van der Waals surface area (Å²) in [5.74, 6) is -0.873. The van der Waals surface area contributed by atoms with E-state index in [1.165, 1.54) is 40.9 Å². The molecular weight excluding hydrogens is 557 g/mol. The van der Waals surface area contributed by atoms with Gasteiger partial charge in [-0.2, -0.15) is 0 Å². The van der Waals surface area contributed by atoms with Gasteiger partial charge in [0.15, 0.2) is 0 Å². The van der Waals surface area contributed by atoms with E-state index in [2.05, 4.69) is 27.9 Å². The molecule has 1 unspecified atom stereocenters. The number of nitrogens with one attached hydrogen (secondary N) is 1. The molecule has 10 heteroatoms. The second-order valence-corrected chi connectivity index (χ2v) is 9.66. The van der Waals surface area contributed by atoms with Gasteiger partial charge in [-0.05, 0) is 83.3 Å². The number of carbonyl (C=O) groups is 3. The molecule has 1 aliphatic rings. The van der Waals surface area contributed by atoms with Crippen LogP contribution in [0, 0.1) is 13.7 Å². The predicted molar refractivity (Wildman–Crippen MR) is 133 cm³/mol. The van der Waals surface area contributed by atoms with Crippen molar-refractivity contribution in [2.24, 2.45) is 0 Å². The monoisotopic (exact) mass is 573 g/mol. The molecular formula is C23H16IN3O5S. The lowest BCUT2D eigenvalue weighted by Crippen LogP contribution is -2.31. The summed E-state index contributed by atoms with van der Waals surface area (Å²) in [4.78, 5) is 49.8. The highest BCUT2D eigenvalue weighted by Gasteiger charge is 2.40. The lowest BCUT2D eigenvalue weighted by Gasteiger charge is -2.15. The normalized spacial score (nSPS) is 15.5. The molecule has 4 rings (SSSR count). The Balaban J connectivity index is 1.39. The molecule has 1 aliphatic heterocycles. The maximum atomic E-state index is 12.8. The van der Waals surface area contributed by atoms with E-state index in [9.17, 15) is 24.5 Å². The number of imide groups is 1. The summed E-state index contributed by atoms with van der Waals surface area (Å²) in [6.07, 6.45) is 0.119. The Bertz CT molecular complexity index is 1230. The van der Waals surface area contributed by atoms with Crippen LogP contribution in [0.5, 0.6) is 0 Å². The second kappa shape index (κ2) is 9.71. The van der Waals surface area contributed by atoms with Gasteiger partial charge in [0, 0.05) is 38.3 Å². The van der Waals surface area contributed by atoms with Gasteiger partial charge < -0.3 is 5.32 Å². The SMILES string of the molecule is O=C(Nc1ccc(SC2CC(=O)N(c3ccc(I)cc3)C2=O)cc1)c1ccc([N+](=O)[O-])cc1. The standard InChI is InChI=1S/C23H16IN3O5S/c24-15-3-9-17(10-4-15)26-21(28)13-20(23(26)30)33-19-11-5-16(6-12-19)25-22(29)14-1-7-18(8-2-14)27(31)32/h1-12,20H,13H2,(H,25,29). The molecule has 1 atom stereocenters. The van der Waals surface area contributed by atoms with Gasteiger partial charge in [-0.25, -0.2) is 4.90 Å². The van der Waals surface area contributed by atoms with Crippen LogP contribution in [0.3, 0.4) is 0 Å². The predicted octanol–water partition coefficient (Wildman–Crippen LogP) is 4.88. The zero-order chi connectivity index (χ0) is 23.5. The van der Waals surface area contributed by atoms with Crippen LogP contribution < -0.4 is 10.2 Å². The maximum Gasteiger partial charge on any atom is 0.269 e. The lowest BCUT2D eigenvalue weighted by atomic mass is 10.2. The number of amides is 3. The largest absolute Gasteiger partial charge is 0.322 e. The average molecular weight is 573 g/mol. The molecule has 0 spiro atoms. The number of nitrogens with zero attached hydrogens (tertiary/aromatic N) is 2. The van der Waals surface area contributed by atoms with E-state index in [0.29, 0.717) is 16.9 Å². The number of carbonyl (C=O) groups excluding carboxylic acids is 3. The minimum absolute atomic E-state index is 0.0894. The highest BCUT2D eigenvalue weighted by Crippen LogP contribution is 2.34. The van der Waals surface area contributed by atoms with Gasteiger partial charge in [0.25, 0.3) is 11.6 Å². The Hall–Kier alpha value is -3.25. The maximum absolute atomic E-state index is 12.8. The second-order valence-electron chi connectivity index (χ2n) is 7.14. The molecule has 0 aliphatic carbocycles. The zero-order valence-electron chi connectivity index (χ0n) is 16.9. The number of benzene rings is 3. The van der Waals surface area contributed by atoms with E-state index in [1.54, 1.807) is 36.4 Å². The average Bonchev–Trinajstić information content (AvgIpc) is 3.08. The Labute approximate surface area is 206 Å². The van der Waals surface area contributed by atoms with Gasteiger partial charge in [0.05, 0.1) is 15.9 Å². The lowest BCUT2D eigenvalue weighted by molar-refractivity contribution is -0.384. The number of nitro groups is 1. The van der Waals surface area contributed by atoms with Crippen LogP contribution in [0.1, 0.15) is 16.8 Å². The number of halogens is 1. The fourth-order valence-electron chi connectivity index (χ4n) is 3.28. The number of anilines is 2. The van der Waals surface area contributed by atoms with Crippen molar-refractivity contribution in [1.29, 1.82) is 0 Å². The molecule has 0 aromatic heterocycles. The number of thioether (sulfide) groups is 1. The van der Waals surface area contributed by atoms with E-state index >= 15 is 0 Å². The Kier molecular flexibility index (Phi) is 6.75. The molecule has 3 amide bonds. The van der Waals surface area contributed by atoms with E-state index in [-0.39, 0.29) is 23.9 Å². The molecule has 3 aromatic carbocycles. The van der Waals surface area contributed by atoms with Crippen LogP contribution in [-0.2, 0) is 9.59 Å². The van der Waals surface area contributed by atoms with E-state index in [0.717, 1.165) is 8.47 Å². The van der Waals surface area contributed by atoms with Gasteiger partial charge in [-0.3, -0.25) is 24.5 Å². The fraction of sp³-hybridized carbons (Fsp3) is 0.0870.